The minimum Gasteiger partial charge on any atom is -0.494 e. The molecule has 7 heteroatoms. The highest BCUT2D eigenvalue weighted by atomic mass is 32.1. The Labute approximate surface area is 147 Å². The number of carbonyl (C=O) groups is 2. The first-order valence-corrected chi connectivity index (χ1v) is 8.01. The number of carboxylic acids is 1. The van der Waals surface area contributed by atoms with Crippen LogP contribution in [-0.2, 0) is 9.59 Å². The molecule has 132 valence electrons. The van der Waals surface area contributed by atoms with Gasteiger partial charge in [-0.25, -0.2) is 5.84 Å². The van der Waals surface area contributed by atoms with E-state index in [1.165, 1.54) is 0 Å². The van der Waals surface area contributed by atoms with Gasteiger partial charge in [-0.2, -0.15) is 12.6 Å². The third kappa shape index (κ3) is 5.90. The van der Waals surface area contributed by atoms with Gasteiger partial charge in [0.05, 0.1) is 6.61 Å². The van der Waals surface area contributed by atoms with Gasteiger partial charge in [0.2, 0.25) is 0 Å². The van der Waals surface area contributed by atoms with Gasteiger partial charge in [0.15, 0.2) is 0 Å². The van der Waals surface area contributed by atoms with E-state index in [1.807, 2.05) is 32.9 Å². The van der Waals surface area contributed by atoms with Crippen LogP contribution in [0.2, 0.25) is 0 Å². The topological polar surface area (TPSA) is 102 Å². The van der Waals surface area contributed by atoms with E-state index in [0.717, 1.165) is 11.1 Å². The van der Waals surface area contributed by atoms with Crippen molar-refractivity contribution in [1.29, 1.82) is 0 Å². The lowest BCUT2D eigenvalue weighted by Crippen LogP contribution is -2.37. The van der Waals surface area contributed by atoms with E-state index in [1.54, 1.807) is 12.1 Å². The lowest BCUT2D eigenvalue weighted by molar-refractivity contribution is -0.137. The van der Waals surface area contributed by atoms with E-state index in [0.29, 0.717) is 24.4 Å². The third-order valence-electron chi connectivity index (χ3n) is 3.44. The van der Waals surface area contributed by atoms with Crippen LogP contribution < -0.4 is 16.0 Å². The molecule has 1 aromatic rings. The Hall–Kier alpha value is -1.99. The zero-order valence-corrected chi connectivity index (χ0v) is 15.0. The molecule has 6 nitrogen and oxygen atoms in total. The fraction of sp³-hybridized carbons (Fsp3) is 0.412. The second-order valence-electron chi connectivity index (χ2n) is 5.90. The highest BCUT2D eigenvalue weighted by Gasteiger charge is 2.27. The summed E-state index contributed by atoms with van der Waals surface area (Å²) < 4.78 is 4.84. The maximum absolute atomic E-state index is 12.1. The van der Waals surface area contributed by atoms with Crippen LogP contribution in [0.1, 0.15) is 39.2 Å². The van der Waals surface area contributed by atoms with Crippen molar-refractivity contribution in [3.05, 3.63) is 35.4 Å². The molecule has 0 atom stereocenters. The molecule has 1 rings (SSSR count). The van der Waals surface area contributed by atoms with E-state index < -0.39 is 10.7 Å². The largest absolute Gasteiger partial charge is 0.494 e. The molecule has 0 aromatic heterocycles. The summed E-state index contributed by atoms with van der Waals surface area (Å²) in [5, 5.41) is 8.58. The molecule has 1 amide bonds. The van der Waals surface area contributed by atoms with Gasteiger partial charge in [-0.15, -0.1) is 0 Å². The number of hydrogen-bond acceptors (Lipinski definition) is 5. The number of amides is 1. The van der Waals surface area contributed by atoms with E-state index in [9.17, 15) is 9.59 Å². The van der Waals surface area contributed by atoms with Gasteiger partial charge in [-0.1, -0.05) is 12.1 Å². The number of carbonyl (C=O) groups excluding carboxylic acids is 1. The van der Waals surface area contributed by atoms with Crippen molar-refractivity contribution < 1.29 is 19.4 Å². The molecule has 24 heavy (non-hydrogen) atoms. The van der Waals surface area contributed by atoms with Crippen LogP contribution in [0.5, 0.6) is 5.75 Å². The summed E-state index contributed by atoms with van der Waals surface area (Å²) in [6.07, 6.45) is 0.527. The number of aliphatic carboxylic acids is 1. The molecule has 0 radical (unpaired) electrons. The summed E-state index contributed by atoms with van der Waals surface area (Å²) in [7, 11) is 0. The summed E-state index contributed by atoms with van der Waals surface area (Å²) in [5.74, 6) is 4.70. The van der Waals surface area contributed by atoms with Crippen molar-refractivity contribution in [3.63, 3.8) is 0 Å². The molecule has 0 aliphatic heterocycles. The van der Waals surface area contributed by atoms with Crippen molar-refractivity contribution in [2.24, 2.45) is 5.84 Å². The Balaban J connectivity index is 2.91. The molecule has 0 aliphatic rings. The molecule has 0 saturated carbocycles. The average Bonchev–Trinajstić information content (AvgIpc) is 2.50. The first-order valence-electron chi connectivity index (χ1n) is 7.56. The number of thiol groups is 1. The number of hydrogen-bond donors (Lipinski definition) is 4. The monoisotopic (exact) mass is 352 g/mol. The Morgan fingerprint density at radius 2 is 1.88 bits per heavy atom. The Morgan fingerprint density at radius 3 is 2.33 bits per heavy atom. The zero-order valence-electron chi connectivity index (χ0n) is 14.1. The highest BCUT2D eigenvalue weighted by molar-refractivity contribution is 7.82. The fourth-order valence-electron chi connectivity index (χ4n) is 2.34. The van der Waals surface area contributed by atoms with Crippen LogP contribution in [0, 0.1) is 0 Å². The number of nitrogens with one attached hydrogen (secondary N) is 1. The van der Waals surface area contributed by atoms with Gasteiger partial charge in [-0.05, 0) is 50.5 Å². The maximum Gasteiger partial charge on any atom is 0.303 e. The normalized spacial score (nSPS) is 12.4. The smallest absolute Gasteiger partial charge is 0.303 e. The fourth-order valence-corrected chi connectivity index (χ4v) is 2.61. The molecule has 4 N–H and O–H groups in total. The lowest BCUT2D eigenvalue weighted by Gasteiger charge is -2.23. The number of nitrogens with two attached hydrogens (primary N) is 1. The van der Waals surface area contributed by atoms with Gasteiger partial charge in [0.25, 0.3) is 5.91 Å². The highest BCUT2D eigenvalue weighted by Crippen LogP contribution is 2.31. The van der Waals surface area contributed by atoms with Crippen LogP contribution in [0.25, 0.3) is 5.57 Å². The molecular formula is C17H24N2O4S. The number of hydrazine groups is 1. The van der Waals surface area contributed by atoms with E-state index in [2.05, 4.69) is 18.1 Å². The van der Waals surface area contributed by atoms with Crippen LogP contribution in [0.4, 0.5) is 0 Å². The van der Waals surface area contributed by atoms with Crippen molar-refractivity contribution in [2.75, 3.05) is 6.61 Å². The standard InChI is InChI=1S/C17H24N2O4S/c1-11(15(16(22)19-18)17(2,3)24)12-6-8-13(9-7-12)23-10-4-5-14(20)21/h6-9,24H,4-5,10,18H2,1-3H3,(H,19,22)(H,20,21)/b15-11+. The second-order valence-corrected chi connectivity index (χ2v) is 7.02. The van der Waals surface area contributed by atoms with Gasteiger partial charge >= 0.3 is 5.97 Å². The van der Waals surface area contributed by atoms with Crippen molar-refractivity contribution >= 4 is 30.1 Å². The second kappa shape index (κ2) is 8.75. The number of rotatable bonds is 8. The van der Waals surface area contributed by atoms with Crippen molar-refractivity contribution in [2.45, 2.75) is 38.4 Å². The summed E-state index contributed by atoms with van der Waals surface area (Å²) >= 11 is 4.48. The molecule has 0 heterocycles. The van der Waals surface area contributed by atoms with Crippen LogP contribution in [0.15, 0.2) is 29.8 Å². The molecule has 1 aromatic carbocycles. The number of ether oxygens (including phenoxy) is 1. The van der Waals surface area contributed by atoms with Crippen molar-refractivity contribution in [1.82, 2.24) is 5.43 Å². The predicted octanol–water partition coefficient (Wildman–Crippen LogP) is 2.40. The first kappa shape index (κ1) is 20.1. The summed E-state index contributed by atoms with van der Waals surface area (Å²) in [6, 6.07) is 7.24. The number of allylic oxidation sites excluding steroid dienone is 1. The maximum atomic E-state index is 12.1. The summed E-state index contributed by atoms with van der Waals surface area (Å²) in [4.78, 5) is 22.5. The molecule has 0 saturated heterocycles. The van der Waals surface area contributed by atoms with Crippen LogP contribution in [-0.4, -0.2) is 28.3 Å². The van der Waals surface area contributed by atoms with E-state index in [4.69, 9.17) is 15.7 Å². The minimum atomic E-state index is -0.838. The molecule has 0 fully saturated rings. The van der Waals surface area contributed by atoms with Crippen LogP contribution in [0.3, 0.4) is 0 Å². The third-order valence-corrected chi connectivity index (χ3v) is 3.66. The Bertz CT molecular complexity index is 618. The van der Waals surface area contributed by atoms with Gasteiger partial charge in [0, 0.05) is 16.7 Å². The molecular weight excluding hydrogens is 328 g/mol. The quantitative estimate of drug-likeness (QED) is 0.144. The molecule has 0 unspecified atom stereocenters. The van der Waals surface area contributed by atoms with Gasteiger partial charge in [0.1, 0.15) is 5.75 Å². The van der Waals surface area contributed by atoms with Crippen LogP contribution >= 0.6 is 12.6 Å². The molecule has 0 spiro atoms. The molecule has 0 aliphatic carbocycles. The Kier molecular flexibility index (Phi) is 7.31. The predicted molar refractivity (Wildman–Crippen MR) is 96.8 cm³/mol. The van der Waals surface area contributed by atoms with E-state index in [-0.39, 0.29) is 12.3 Å². The molecule has 0 bridgehead atoms. The SMILES string of the molecule is C/C(=C(/C(=O)NN)C(C)(C)S)c1ccc(OCCCC(=O)O)cc1. The van der Waals surface area contributed by atoms with Gasteiger partial charge in [-0.3, -0.25) is 15.0 Å². The Morgan fingerprint density at radius 1 is 1.29 bits per heavy atom. The number of carboxylic acid groups (broad SMARTS) is 1. The van der Waals surface area contributed by atoms with E-state index >= 15 is 0 Å². The van der Waals surface area contributed by atoms with Crippen molar-refractivity contribution in [3.8, 4) is 5.75 Å². The number of benzene rings is 1. The average molecular weight is 352 g/mol. The zero-order chi connectivity index (χ0) is 18.3. The summed E-state index contributed by atoms with van der Waals surface area (Å²) in [6.45, 7) is 5.82. The first-order chi connectivity index (χ1) is 11.2. The minimum absolute atomic E-state index is 0.0779. The van der Waals surface area contributed by atoms with Gasteiger partial charge < -0.3 is 9.84 Å². The lowest BCUT2D eigenvalue weighted by atomic mass is 9.92. The summed E-state index contributed by atoms with van der Waals surface area (Å²) in [5.41, 5.74) is 4.28.